The highest BCUT2D eigenvalue weighted by atomic mass is 32.2. The zero-order valence-electron chi connectivity index (χ0n) is 15.5. The monoisotopic (exact) mass is 379 g/mol. The molecule has 0 aliphatic heterocycles. The molecule has 0 heterocycles. The summed E-state index contributed by atoms with van der Waals surface area (Å²) in [6.07, 6.45) is 1.70. The van der Waals surface area contributed by atoms with E-state index in [-0.39, 0.29) is 10.6 Å². The summed E-state index contributed by atoms with van der Waals surface area (Å²) in [5.41, 5.74) is 4.88. The van der Waals surface area contributed by atoms with Gasteiger partial charge in [-0.25, -0.2) is 0 Å². The van der Waals surface area contributed by atoms with E-state index in [1.165, 1.54) is 17.7 Å². The molecule has 4 nitrogen and oxygen atoms in total. The van der Waals surface area contributed by atoms with Gasteiger partial charge >= 0.3 is 10.1 Å². The van der Waals surface area contributed by atoms with Crippen molar-refractivity contribution in [1.29, 1.82) is 0 Å². The average molecular weight is 379 g/mol. The van der Waals surface area contributed by atoms with Crippen molar-refractivity contribution in [1.82, 2.24) is 0 Å². The van der Waals surface area contributed by atoms with Crippen LogP contribution in [0.4, 0.5) is 5.69 Å². The zero-order valence-corrected chi connectivity index (χ0v) is 16.3. The number of aryl methyl sites for hydroxylation is 3. The van der Waals surface area contributed by atoms with Crippen LogP contribution in [-0.2, 0) is 10.1 Å². The Hall–Kier alpha value is -2.92. The van der Waals surface area contributed by atoms with Crippen molar-refractivity contribution in [3.05, 3.63) is 89.0 Å². The molecule has 0 saturated carbocycles. The third-order valence-corrected chi connectivity index (χ3v) is 5.34. The van der Waals surface area contributed by atoms with Gasteiger partial charge in [0.2, 0.25) is 0 Å². The smallest absolute Gasteiger partial charge is 0.339 e. The normalized spacial score (nSPS) is 11.7. The van der Waals surface area contributed by atoms with Crippen molar-refractivity contribution in [3.63, 3.8) is 0 Å². The minimum absolute atomic E-state index is 0.127. The molecule has 0 spiro atoms. The van der Waals surface area contributed by atoms with Crippen LogP contribution >= 0.6 is 0 Å². The summed E-state index contributed by atoms with van der Waals surface area (Å²) >= 11 is 0. The zero-order chi connectivity index (χ0) is 19.4. The molecule has 0 atom stereocenters. The predicted octanol–water partition coefficient (Wildman–Crippen LogP) is 5.13. The van der Waals surface area contributed by atoms with Crippen LogP contribution in [0.2, 0.25) is 0 Å². The minimum Gasteiger partial charge on any atom is -0.379 e. The summed E-state index contributed by atoms with van der Waals surface area (Å²) < 4.78 is 30.1. The predicted molar refractivity (Wildman–Crippen MR) is 109 cm³/mol. The van der Waals surface area contributed by atoms with Gasteiger partial charge in [0.15, 0.2) is 0 Å². The number of nitrogens with zero attached hydrogens (tertiary/aromatic N) is 1. The number of hydrogen-bond donors (Lipinski definition) is 0. The van der Waals surface area contributed by atoms with Gasteiger partial charge in [0.25, 0.3) is 0 Å². The van der Waals surface area contributed by atoms with Crippen molar-refractivity contribution in [2.75, 3.05) is 0 Å². The van der Waals surface area contributed by atoms with Gasteiger partial charge in [-0.3, -0.25) is 4.99 Å². The lowest BCUT2D eigenvalue weighted by Crippen LogP contribution is -2.09. The van der Waals surface area contributed by atoms with Crippen LogP contribution in [-0.4, -0.2) is 14.6 Å². The Balaban J connectivity index is 1.81. The lowest BCUT2D eigenvalue weighted by Gasteiger charge is -2.08. The SMILES string of the molecule is Cc1ccc(S(=O)(=O)Oc2cccc(C=Nc3ccc(C)cc3C)c2)cc1. The van der Waals surface area contributed by atoms with Gasteiger partial charge in [0.05, 0.1) is 5.69 Å². The lowest BCUT2D eigenvalue weighted by molar-refractivity contribution is 0.486. The molecule has 0 fully saturated rings. The molecule has 3 rings (SSSR count). The highest BCUT2D eigenvalue weighted by Crippen LogP contribution is 2.22. The second kappa shape index (κ2) is 7.76. The van der Waals surface area contributed by atoms with E-state index in [4.69, 9.17) is 4.18 Å². The van der Waals surface area contributed by atoms with Crippen LogP contribution in [0, 0.1) is 20.8 Å². The van der Waals surface area contributed by atoms with E-state index in [9.17, 15) is 8.42 Å². The summed E-state index contributed by atoms with van der Waals surface area (Å²) in [7, 11) is -3.87. The van der Waals surface area contributed by atoms with Crippen molar-refractivity contribution in [2.24, 2.45) is 4.99 Å². The third-order valence-electron chi connectivity index (χ3n) is 4.08. The molecule has 0 bridgehead atoms. The maximum absolute atomic E-state index is 12.4. The van der Waals surface area contributed by atoms with Gasteiger partial charge in [0.1, 0.15) is 10.6 Å². The highest BCUT2D eigenvalue weighted by molar-refractivity contribution is 7.87. The van der Waals surface area contributed by atoms with E-state index in [1.807, 2.05) is 39.0 Å². The third kappa shape index (κ3) is 4.83. The van der Waals surface area contributed by atoms with Crippen LogP contribution in [0.3, 0.4) is 0 Å². The molecule has 5 heteroatoms. The van der Waals surface area contributed by atoms with E-state index >= 15 is 0 Å². The number of benzene rings is 3. The van der Waals surface area contributed by atoms with Crippen LogP contribution in [0.25, 0.3) is 0 Å². The first-order chi connectivity index (χ1) is 12.8. The van der Waals surface area contributed by atoms with Gasteiger partial charge in [-0.15, -0.1) is 0 Å². The van der Waals surface area contributed by atoms with Crippen LogP contribution in [0.1, 0.15) is 22.3 Å². The Bertz CT molecular complexity index is 1080. The van der Waals surface area contributed by atoms with Crippen molar-refractivity contribution < 1.29 is 12.6 Å². The fraction of sp³-hybridized carbons (Fsp3) is 0.136. The standard InChI is InChI=1S/C22H21NO3S/c1-16-7-10-21(11-8-16)27(24,25)26-20-6-4-5-19(14-20)15-23-22-12-9-17(2)13-18(22)3/h4-15H,1-3H3. The molecular weight excluding hydrogens is 358 g/mol. The Labute approximate surface area is 160 Å². The first kappa shape index (κ1) is 18.9. The maximum atomic E-state index is 12.4. The van der Waals surface area contributed by atoms with Gasteiger partial charge in [0, 0.05) is 6.21 Å². The molecule has 0 amide bonds. The first-order valence-corrected chi connectivity index (χ1v) is 9.97. The summed E-state index contributed by atoms with van der Waals surface area (Å²) in [4.78, 5) is 4.62. The van der Waals surface area contributed by atoms with Gasteiger partial charge < -0.3 is 4.18 Å². The highest BCUT2D eigenvalue weighted by Gasteiger charge is 2.16. The van der Waals surface area contributed by atoms with Gasteiger partial charge in [-0.05, 0) is 62.2 Å². The van der Waals surface area contributed by atoms with Crippen LogP contribution in [0.5, 0.6) is 5.75 Å². The maximum Gasteiger partial charge on any atom is 0.339 e. The molecule has 0 radical (unpaired) electrons. The van der Waals surface area contributed by atoms with Crippen molar-refractivity contribution in [2.45, 2.75) is 25.7 Å². The molecule has 0 unspecified atom stereocenters. The van der Waals surface area contributed by atoms with Crippen molar-refractivity contribution >= 4 is 22.0 Å². The molecule has 0 N–H and O–H groups in total. The molecule has 138 valence electrons. The molecule has 3 aromatic rings. The van der Waals surface area contributed by atoms with E-state index < -0.39 is 10.1 Å². The first-order valence-electron chi connectivity index (χ1n) is 8.56. The Morgan fingerprint density at radius 1 is 0.852 bits per heavy atom. The second-order valence-electron chi connectivity index (χ2n) is 6.47. The van der Waals surface area contributed by atoms with Gasteiger partial charge in [-0.2, -0.15) is 8.42 Å². The summed E-state index contributed by atoms with van der Waals surface area (Å²) in [5, 5.41) is 0. The van der Waals surface area contributed by atoms with Crippen molar-refractivity contribution in [3.8, 4) is 5.75 Å². The largest absolute Gasteiger partial charge is 0.379 e. The number of aliphatic imine (C=N–C) groups is 1. The minimum atomic E-state index is -3.87. The second-order valence-corrected chi connectivity index (χ2v) is 8.02. The van der Waals surface area contributed by atoms with E-state index in [0.29, 0.717) is 0 Å². The quantitative estimate of drug-likeness (QED) is 0.456. The summed E-state index contributed by atoms with van der Waals surface area (Å²) in [6, 6.07) is 19.4. The summed E-state index contributed by atoms with van der Waals surface area (Å²) in [6.45, 7) is 5.94. The average Bonchev–Trinajstić information content (AvgIpc) is 2.61. The Morgan fingerprint density at radius 3 is 2.26 bits per heavy atom. The van der Waals surface area contributed by atoms with Crippen LogP contribution in [0.15, 0.2) is 76.6 Å². The number of rotatable bonds is 5. The summed E-state index contributed by atoms with van der Waals surface area (Å²) in [5.74, 6) is 0.250. The molecule has 3 aromatic carbocycles. The number of hydrogen-bond acceptors (Lipinski definition) is 4. The van der Waals surface area contributed by atoms with E-state index in [2.05, 4.69) is 11.1 Å². The molecule has 0 aromatic heterocycles. The van der Waals surface area contributed by atoms with E-state index in [1.54, 1.807) is 36.5 Å². The molecule has 0 aliphatic rings. The fourth-order valence-electron chi connectivity index (χ4n) is 2.62. The molecule has 27 heavy (non-hydrogen) atoms. The lowest BCUT2D eigenvalue weighted by atomic mass is 10.1. The fourth-order valence-corrected chi connectivity index (χ4v) is 3.54. The molecule has 0 aliphatic carbocycles. The van der Waals surface area contributed by atoms with Crippen LogP contribution < -0.4 is 4.18 Å². The Kier molecular flexibility index (Phi) is 5.42. The molecular formula is C22H21NO3S. The molecule has 0 saturated heterocycles. The topological polar surface area (TPSA) is 55.7 Å². The van der Waals surface area contributed by atoms with E-state index in [0.717, 1.165) is 22.4 Å². The Morgan fingerprint density at radius 2 is 1.56 bits per heavy atom. The van der Waals surface area contributed by atoms with Gasteiger partial charge in [-0.1, -0.05) is 47.5 Å².